The molecular weight excluding hydrogens is 349 g/mol. The van der Waals surface area contributed by atoms with E-state index in [9.17, 15) is 43.4 Å². The summed E-state index contributed by atoms with van der Waals surface area (Å²) < 4.78 is 38.7. The Labute approximate surface area is 136 Å². The van der Waals surface area contributed by atoms with E-state index in [1.54, 1.807) is 0 Å². The van der Waals surface area contributed by atoms with Crippen LogP contribution in [-0.2, 0) is 6.18 Å². The first kappa shape index (κ1) is 17.8. The van der Waals surface area contributed by atoms with Crippen LogP contribution in [0.3, 0.4) is 0 Å². The summed E-state index contributed by atoms with van der Waals surface area (Å²) in [4.78, 5) is 21.7. The number of carbonyl (C=O) groups excluding carboxylic acids is 1. The van der Waals surface area contributed by atoms with Crippen LogP contribution in [-0.4, -0.2) is 26.2 Å². The molecule has 25 heavy (non-hydrogen) atoms. The summed E-state index contributed by atoms with van der Waals surface area (Å²) in [6.45, 7) is 0. The number of nitrogens with one attached hydrogen (secondary N) is 1. The summed E-state index contributed by atoms with van der Waals surface area (Å²) in [6, 6.07) is 4.31. The van der Waals surface area contributed by atoms with Crippen LogP contribution in [0.2, 0.25) is 0 Å². The predicted molar refractivity (Wildman–Crippen MR) is 77.5 cm³/mol. The first-order valence-corrected chi connectivity index (χ1v) is 6.44. The van der Waals surface area contributed by atoms with Gasteiger partial charge in [-0.05, 0) is 12.1 Å². The summed E-state index contributed by atoms with van der Waals surface area (Å²) in [6.07, 6.45) is -4.80. The quantitative estimate of drug-likeness (QED) is 0.492. The monoisotopic (exact) mass is 358 g/mol. The largest absolute Gasteiger partial charge is 0.507 e. The van der Waals surface area contributed by atoms with Gasteiger partial charge in [-0.25, -0.2) is 0 Å². The van der Waals surface area contributed by atoms with Crippen LogP contribution in [0.4, 0.5) is 24.5 Å². The summed E-state index contributed by atoms with van der Waals surface area (Å²) in [5.74, 6) is -4.99. The predicted octanol–water partition coefficient (Wildman–Crippen LogP) is 2.98. The van der Waals surface area contributed by atoms with Crippen molar-refractivity contribution in [3.05, 3.63) is 51.6 Å². The molecule has 0 bridgehead atoms. The van der Waals surface area contributed by atoms with E-state index >= 15 is 0 Å². The van der Waals surface area contributed by atoms with Crippen LogP contribution in [0.5, 0.6) is 17.2 Å². The Morgan fingerprint density at radius 1 is 1.12 bits per heavy atom. The van der Waals surface area contributed by atoms with Gasteiger partial charge in [0.25, 0.3) is 5.91 Å². The number of rotatable bonds is 3. The second-order valence-corrected chi connectivity index (χ2v) is 4.74. The Balaban J connectivity index is 2.51. The summed E-state index contributed by atoms with van der Waals surface area (Å²) >= 11 is 0. The van der Waals surface area contributed by atoms with Crippen molar-refractivity contribution in [2.24, 2.45) is 0 Å². The number of anilines is 1. The van der Waals surface area contributed by atoms with Gasteiger partial charge >= 0.3 is 11.9 Å². The van der Waals surface area contributed by atoms with Gasteiger partial charge in [0.05, 0.1) is 16.2 Å². The molecule has 0 aliphatic carbocycles. The molecule has 0 aliphatic rings. The number of phenols is 3. The minimum absolute atomic E-state index is 0.419. The van der Waals surface area contributed by atoms with Gasteiger partial charge < -0.3 is 20.6 Å². The highest BCUT2D eigenvalue weighted by molar-refractivity contribution is 6.09. The van der Waals surface area contributed by atoms with Crippen LogP contribution in [0, 0.1) is 10.1 Å². The van der Waals surface area contributed by atoms with E-state index in [2.05, 4.69) is 0 Å². The van der Waals surface area contributed by atoms with Gasteiger partial charge in [0, 0.05) is 6.07 Å². The van der Waals surface area contributed by atoms with Gasteiger partial charge in [0.15, 0.2) is 0 Å². The minimum atomic E-state index is -4.80. The number of nitrogens with zero attached hydrogens (tertiary/aromatic N) is 1. The fourth-order valence-corrected chi connectivity index (χ4v) is 2.06. The first-order valence-electron chi connectivity index (χ1n) is 6.44. The van der Waals surface area contributed by atoms with Crippen molar-refractivity contribution in [1.82, 2.24) is 0 Å². The van der Waals surface area contributed by atoms with Crippen LogP contribution >= 0.6 is 0 Å². The molecule has 0 saturated carbocycles. The topological polar surface area (TPSA) is 133 Å². The smallest absolute Gasteiger partial charge is 0.418 e. The average Bonchev–Trinajstić information content (AvgIpc) is 2.45. The average molecular weight is 358 g/mol. The minimum Gasteiger partial charge on any atom is -0.507 e. The highest BCUT2D eigenvalue weighted by Crippen LogP contribution is 2.43. The third-order valence-electron chi connectivity index (χ3n) is 3.12. The third-order valence-corrected chi connectivity index (χ3v) is 3.12. The molecule has 2 aromatic rings. The van der Waals surface area contributed by atoms with E-state index in [1.165, 1.54) is 6.07 Å². The van der Waals surface area contributed by atoms with Gasteiger partial charge in [0.2, 0.25) is 11.5 Å². The van der Waals surface area contributed by atoms with E-state index in [0.29, 0.717) is 12.1 Å². The fourth-order valence-electron chi connectivity index (χ4n) is 2.06. The lowest BCUT2D eigenvalue weighted by Gasteiger charge is -2.14. The molecule has 0 aromatic heterocycles. The van der Waals surface area contributed by atoms with Crippen LogP contribution in [0.25, 0.3) is 0 Å². The molecule has 1 amide bonds. The molecule has 8 nitrogen and oxygen atoms in total. The summed E-state index contributed by atoms with van der Waals surface area (Å²) in [5.41, 5.74) is -4.21. The Morgan fingerprint density at radius 2 is 1.72 bits per heavy atom. The van der Waals surface area contributed by atoms with Crippen molar-refractivity contribution in [1.29, 1.82) is 0 Å². The fraction of sp³-hybridized carbons (Fsp3) is 0.0714. The van der Waals surface area contributed by atoms with Gasteiger partial charge in [-0.15, -0.1) is 0 Å². The number of nitro benzene ring substituents is 1. The highest BCUT2D eigenvalue weighted by Gasteiger charge is 2.35. The molecule has 2 rings (SSSR count). The zero-order valence-electron chi connectivity index (χ0n) is 12.0. The third kappa shape index (κ3) is 3.39. The van der Waals surface area contributed by atoms with Gasteiger partial charge in [-0.1, -0.05) is 12.1 Å². The van der Waals surface area contributed by atoms with E-state index in [-0.39, 0.29) is 0 Å². The number of halogens is 3. The number of alkyl halides is 3. The van der Waals surface area contributed by atoms with Crippen molar-refractivity contribution >= 4 is 17.3 Å². The zero-order chi connectivity index (χ0) is 18.9. The van der Waals surface area contributed by atoms with E-state index in [1.807, 2.05) is 5.32 Å². The van der Waals surface area contributed by atoms with Gasteiger partial charge in [0.1, 0.15) is 11.3 Å². The molecule has 4 N–H and O–H groups in total. The van der Waals surface area contributed by atoms with Crippen LogP contribution in [0.1, 0.15) is 15.9 Å². The van der Waals surface area contributed by atoms with E-state index in [4.69, 9.17) is 0 Å². The van der Waals surface area contributed by atoms with Gasteiger partial charge in [-0.2, -0.15) is 13.2 Å². The molecule has 2 aromatic carbocycles. The van der Waals surface area contributed by atoms with Crippen molar-refractivity contribution < 1.29 is 38.2 Å². The number of carbonyl (C=O) groups is 1. The summed E-state index contributed by atoms with van der Waals surface area (Å²) in [5, 5.41) is 41.3. The number of hydrogen-bond donors (Lipinski definition) is 4. The molecular formula is C14H9F3N2O6. The lowest BCUT2D eigenvalue weighted by molar-refractivity contribution is -0.386. The number of nitro groups is 1. The number of phenolic OH excluding ortho intramolecular Hbond substituents is 3. The molecule has 0 saturated heterocycles. The lowest BCUT2D eigenvalue weighted by atomic mass is 10.1. The normalized spacial score (nSPS) is 11.2. The molecule has 0 aliphatic heterocycles. The Morgan fingerprint density at radius 3 is 2.28 bits per heavy atom. The molecule has 0 unspecified atom stereocenters. The summed E-state index contributed by atoms with van der Waals surface area (Å²) in [7, 11) is 0. The van der Waals surface area contributed by atoms with Crippen LogP contribution in [0.15, 0.2) is 30.3 Å². The second-order valence-electron chi connectivity index (χ2n) is 4.74. The van der Waals surface area contributed by atoms with E-state index in [0.717, 1.165) is 12.1 Å². The maximum atomic E-state index is 12.9. The molecule has 132 valence electrons. The number of hydrogen-bond acceptors (Lipinski definition) is 6. The molecule has 11 heteroatoms. The number of para-hydroxylation sites is 1. The number of aromatic hydroxyl groups is 3. The molecule has 0 radical (unpaired) electrons. The van der Waals surface area contributed by atoms with Crippen LogP contribution < -0.4 is 5.32 Å². The molecule has 0 spiro atoms. The zero-order valence-corrected chi connectivity index (χ0v) is 12.0. The maximum Gasteiger partial charge on any atom is 0.418 e. The molecule has 0 atom stereocenters. The first-order chi connectivity index (χ1) is 11.5. The maximum absolute atomic E-state index is 12.9. The van der Waals surface area contributed by atoms with Crippen molar-refractivity contribution in [2.45, 2.75) is 6.18 Å². The standard InChI is InChI=1S/C14H9F3N2O6/c15-14(16,17)6-3-1-2-4-7(6)18-13(23)10-8(20)5-9(21)11(12(10)22)19(24)25/h1-5,20-22H,(H,18,23). The molecule has 0 heterocycles. The Hall–Kier alpha value is -3.50. The lowest BCUT2D eigenvalue weighted by Crippen LogP contribution is -2.17. The molecule has 0 fully saturated rings. The van der Waals surface area contributed by atoms with E-state index < -0.39 is 56.8 Å². The SMILES string of the molecule is O=C(Nc1ccccc1C(F)(F)F)c1c(O)cc(O)c([N+](=O)[O-])c1O. The Bertz CT molecular complexity index is 866. The van der Waals surface area contributed by atoms with Gasteiger partial charge in [-0.3, -0.25) is 14.9 Å². The highest BCUT2D eigenvalue weighted by atomic mass is 19.4. The number of benzene rings is 2. The van der Waals surface area contributed by atoms with Crippen molar-refractivity contribution in [2.75, 3.05) is 5.32 Å². The number of amides is 1. The van der Waals surface area contributed by atoms with Crippen molar-refractivity contribution in [3.8, 4) is 17.2 Å². The Kier molecular flexibility index (Phi) is 4.42. The second kappa shape index (κ2) is 6.19. The van der Waals surface area contributed by atoms with Crippen molar-refractivity contribution in [3.63, 3.8) is 0 Å².